The second-order valence-corrected chi connectivity index (χ2v) is 6.25. The van der Waals surface area contributed by atoms with Gasteiger partial charge in [-0.2, -0.15) is 0 Å². The number of aromatic nitrogens is 1. The Labute approximate surface area is 122 Å². The Bertz CT molecular complexity index is 730. The summed E-state index contributed by atoms with van der Waals surface area (Å²) >= 11 is 0. The summed E-state index contributed by atoms with van der Waals surface area (Å²) in [7, 11) is -3.55. The Morgan fingerprint density at radius 1 is 1.19 bits per heavy atom. The van der Waals surface area contributed by atoms with E-state index in [4.69, 9.17) is 5.11 Å². The van der Waals surface area contributed by atoms with Gasteiger partial charge in [0.2, 0.25) is 10.0 Å². The molecule has 6 nitrogen and oxygen atoms in total. The first kappa shape index (κ1) is 15.1. The van der Waals surface area contributed by atoms with Gasteiger partial charge in [0.25, 0.3) is 0 Å². The van der Waals surface area contributed by atoms with Crippen LogP contribution in [0.5, 0.6) is 0 Å². The molecule has 2 rings (SSSR count). The number of nitrogens with zero attached hydrogens (tertiary/aromatic N) is 1. The monoisotopic (exact) mass is 306 g/mol. The molecule has 2 N–H and O–H groups in total. The second-order valence-electron chi connectivity index (χ2n) is 4.45. The van der Waals surface area contributed by atoms with E-state index in [0.717, 1.165) is 5.56 Å². The highest BCUT2D eigenvalue weighted by molar-refractivity contribution is 7.88. The number of carboxylic acids is 1. The summed E-state index contributed by atoms with van der Waals surface area (Å²) in [6.07, 6.45) is 3.18. The maximum Gasteiger partial charge on any atom is 0.335 e. The number of nitrogens with one attached hydrogen (secondary N) is 1. The molecule has 0 atom stereocenters. The molecule has 0 aliphatic heterocycles. The fraction of sp³-hybridized carbons (Fsp3) is 0.143. The second kappa shape index (κ2) is 6.47. The SMILES string of the molecule is O=C(O)c1cccc(CS(=O)(=O)NCc2cccnc2)c1. The van der Waals surface area contributed by atoms with Crippen LogP contribution in [0.3, 0.4) is 0 Å². The van der Waals surface area contributed by atoms with Crippen molar-refractivity contribution in [1.82, 2.24) is 9.71 Å². The molecule has 7 heteroatoms. The van der Waals surface area contributed by atoms with E-state index in [0.29, 0.717) is 5.56 Å². The zero-order chi connectivity index (χ0) is 15.3. The predicted molar refractivity (Wildman–Crippen MR) is 77.1 cm³/mol. The molecule has 0 amide bonds. The minimum Gasteiger partial charge on any atom is -0.478 e. The third-order valence-electron chi connectivity index (χ3n) is 2.75. The number of hydrogen-bond donors (Lipinski definition) is 2. The molecular formula is C14H14N2O4S. The van der Waals surface area contributed by atoms with E-state index in [1.54, 1.807) is 30.6 Å². The number of aromatic carboxylic acids is 1. The summed E-state index contributed by atoms with van der Waals surface area (Å²) in [5, 5.41) is 8.89. The van der Waals surface area contributed by atoms with Crippen molar-refractivity contribution in [2.75, 3.05) is 0 Å². The van der Waals surface area contributed by atoms with Crippen LogP contribution in [0.4, 0.5) is 0 Å². The van der Waals surface area contributed by atoms with E-state index in [2.05, 4.69) is 9.71 Å². The maximum absolute atomic E-state index is 12.0. The highest BCUT2D eigenvalue weighted by atomic mass is 32.2. The first-order chi connectivity index (χ1) is 9.96. The number of benzene rings is 1. The van der Waals surface area contributed by atoms with Crippen LogP contribution in [-0.2, 0) is 22.3 Å². The van der Waals surface area contributed by atoms with Crippen molar-refractivity contribution in [3.8, 4) is 0 Å². The minimum absolute atomic E-state index is 0.0648. The largest absolute Gasteiger partial charge is 0.478 e. The van der Waals surface area contributed by atoms with E-state index >= 15 is 0 Å². The van der Waals surface area contributed by atoms with Crippen molar-refractivity contribution in [2.45, 2.75) is 12.3 Å². The summed E-state index contributed by atoms with van der Waals surface area (Å²) in [5.41, 5.74) is 1.24. The van der Waals surface area contributed by atoms with Crippen LogP contribution in [0.1, 0.15) is 21.5 Å². The van der Waals surface area contributed by atoms with Gasteiger partial charge in [0, 0.05) is 18.9 Å². The van der Waals surface area contributed by atoms with E-state index in [-0.39, 0.29) is 17.9 Å². The Morgan fingerprint density at radius 2 is 1.95 bits per heavy atom. The molecule has 1 aromatic heterocycles. The average molecular weight is 306 g/mol. The lowest BCUT2D eigenvalue weighted by Gasteiger charge is -2.07. The Morgan fingerprint density at radius 3 is 2.62 bits per heavy atom. The van der Waals surface area contributed by atoms with Gasteiger partial charge in [-0.1, -0.05) is 18.2 Å². The topological polar surface area (TPSA) is 96.4 Å². The molecule has 1 aromatic carbocycles. The third kappa shape index (κ3) is 4.66. The third-order valence-corrected chi connectivity index (χ3v) is 4.05. The highest BCUT2D eigenvalue weighted by Crippen LogP contribution is 2.09. The zero-order valence-corrected chi connectivity index (χ0v) is 11.9. The van der Waals surface area contributed by atoms with Crippen LogP contribution in [0, 0.1) is 0 Å². The van der Waals surface area contributed by atoms with E-state index in [9.17, 15) is 13.2 Å². The minimum atomic E-state index is -3.55. The number of carbonyl (C=O) groups is 1. The first-order valence-electron chi connectivity index (χ1n) is 6.15. The molecule has 1 heterocycles. The molecule has 110 valence electrons. The molecular weight excluding hydrogens is 292 g/mol. The van der Waals surface area contributed by atoms with Crippen molar-refractivity contribution < 1.29 is 18.3 Å². The van der Waals surface area contributed by atoms with Crippen LogP contribution < -0.4 is 4.72 Å². The molecule has 21 heavy (non-hydrogen) atoms. The molecule has 0 aliphatic carbocycles. The first-order valence-corrected chi connectivity index (χ1v) is 7.80. The quantitative estimate of drug-likeness (QED) is 0.841. The van der Waals surface area contributed by atoms with Crippen molar-refractivity contribution >= 4 is 16.0 Å². The van der Waals surface area contributed by atoms with Gasteiger partial charge in [0.15, 0.2) is 0 Å². The van der Waals surface area contributed by atoms with E-state index < -0.39 is 16.0 Å². The molecule has 0 saturated heterocycles. The molecule has 0 unspecified atom stereocenters. The fourth-order valence-electron chi connectivity index (χ4n) is 1.76. The zero-order valence-electron chi connectivity index (χ0n) is 11.1. The van der Waals surface area contributed by atoms with Crippen molar-refractivity contribution in [3.05, 3.63) is 65.5 Å². The van der Waals surface area contributed by atoms with Crippen LogP contribution in [0.2, 0.25) is 0 Å². The Balaban J connectivity index is 2.04. The number of pyridine rings is 1. The van der Waals surface area contributed by atoms with Crippen molar-refractivity contribution in [3.63, 3.8) is 0 Å². The lowest BCUT2D eigenvalue weighted by Crippen LogP contribution is -2.24. The molecule has 2 aromatic rings. The normalized spacial score (nSPS) is 11.2. The lowest BCUT2D eigenvalue weighted by molar-refractivity contribution is 0.0696. The Kier molecular flexibility index (Phi) is 4.66. The van der Waals surface area contributed by atoms with E-state index in [1.807, 2.05) is 0 Å². The standard InChI is InChI=1S/C14H14N2O4S/c17-14(18)13-5-1-3-11(7-13)10-21(19,20)16-9-12-4-2-6-15-8-12/h1-8,16H,9-10H2,(H,17,18). The lowest BCUT2D eigenvalue weighted by atomic mass is 10.1. The van der Waals surface area contributed by atoms with Gasteiger partial charge in [0.1, 0.15) is 0 Å². The molecule has 0 spiro atoms. The van der Waals surface area contributed by atoms with Crippen molar-refractivity contribution in [2.24, 2.45) is 0 Å². The number of carboxylic acid groups (broad SMARTS) is 1. The van der Waals surface area contributed by atoms with Gasteiger partial charge in [0.05, 0.1) is 11.3 Å². The molecule has 0 aliphatic rings. The number of hydrogen-bond acceptors (Lipinski definition) is 4. The molecule has 0 saturated carbocycles. The predicted octanol–water partition coefficient (Wildman–Crippen LogP) is 1.40. The molecule has 0 bridgehead atoms. The highest BCUT2D eigenvalue weighted by Gasteiger charge is 2.13. The van der Waals surface area contributed by atoms with Gasteiger partial charge in [-0.3, -0.25) is 4.98 Å². The van der Waals surface area contributed by atoms with Gasteiger partial charge in [-0.15, -0.1) is 0 Å². The average Bonchev–Trinajstić information content (AvgIpc) is 2.46. The number of rotatable bonds is 6. The summed E-state index contributed by atoms with van der Waals surface area (Å²) in [6, 6.07) is 9.36. The van der Waals surface area contributed by atoms with Gasteiger partial charge in [-0.05, 0) is 29.3 Å². The van der Waals surface area contributed by atoms with E-state index in [1.165, 1.54) is 18.2 Å². The summed E-state index contributed by atoms with van der Waals surface area (Å²) in [5.74, 6) is -1.36. The summed E-state index contributed by atoms with van der Waals surface area (Å²) < 4.78 is 26.4. The van der Waals surface area contributed by atoms with Gasteiger partial charge in [-0.25, -0.2) is 17.9 Å². The van der Waals surface area contributed by atoms with Crippen LogP contribution in [-0.4, -0.2) is 24.5 Å². The van der Waals surface area contributed by atoms with Gasteiger partial charge < -0.3 is 5.11 Å². The van der Waals surface area contributed by atoms with Crippen LogP contribution >= 0.6 is 0 Å². The number of sulfonamides is 1. The van der Waals surface area contributed by atoms with Crippen molar-refractivity contribution in [1.29, 1.82) is 0 Å². The van der Waals surface area contributed by atoms with Crippen LogP contribution in [0.15, 0.2) is 48.8 Å². The molecule has 0 radical (unpaired) electrons. The maximum atomic E-state index is 12.0. The summed E-state index contributed by atoms with van der Waals surface area (Å²) in [6.45, 7) is 0.148. The Hall–Kier alpha value is -2.25. The fourth-order valence-corrected chi connectivity index (χ4v) is 2.87. The summed E-state index contributed by atoms with van der Waals surface area (Å²) in [4.78, 5) is 14.8. The van der Waals surface area contributed by atoms with Gasteiger partial charge >= 0.3 is 5.97 Å². The van der Waals surface area contributed by atoms with Crippen LogP contribution in [0.25, 0.3) is 0 Å². The molecule has 0 fully saturated rings. The smallest absolute Gasteiger partial charge is 0.335 e.